The van der Waals surface area contributed by atoms with Crippen LogP contribution in [0.15, 0.2) is 27.4 Å². The van der Waals surface area contributed by atoms with Crippen molar-refractivity contribution >= 4 is 40.0 Å². The molecule has 0 bridgehead atoms. The van der Waals surface area contributed by atoms with E-state index in [0.29, 0.717) is 5.13 Å². The minimum absolute atomic E-state index is 0.507. The zero-order valence-corrected chi connectivity index (χ0v) is 12.5. The van der Waals surface area contributed by atoms with E-state index in [0.717, 1.165) is 20.7 Å². The van der Waals surface area contributed by atoms with E-state index >= 15 is 0 Å². The number of hydrogen-bond acceptors (Lipinski definition) is 7. The Bertz CT molecular complexity index is 530. The normalized spacial score (nSPS) is 10.6. The van der Waals surface area contributed by atoms with Crippen molar-refractivity contribution in [1.29, 1.82) is 0 Å². The number of anilines is 1. The number of hydrogen-bond donors (Lipinski definition) is 1. The van der Waals surface area contributed by atoms with Gasteiger partial charge in [-0.2, -0.15) is 0 Å². The molecule has 0 amide bonds. The molecule has 0 saturated carbocycles. The summed E-state index contributed by atoms with van der Waals surface area (Å²) in [7, 11) is 1.69. The van der Waals surface area contributed by atoms with E-state index in [1.807, 2.05) is 6.26 Å². The van der Waals surface area contributed by atoms with E-state index in [-0.39, 0.29) is 0 Å². The molecule has 0 aliphatic rings. The van der Waals surface area contributed by atoms with E-state index in [4.69, 9.17) is 10.5 Å². The highest BCUT2D eigenvalue weighted by Gasteiger charge is 2.06. The molecule has 4 nitrogen and oxygen atoms in total. The Morgan fingerprint density at radius 3 is 2.83 bits per heavy atom. The van der Waals surface area contributed by atoms with Crippen molar-refractivity contribution in [3.8, 4) is 5.75 Å². The van der Waals surface area contributed by atoms with Gasteiger partial charge in [0.05, 0.1) is 7.11 Å². The SMILES string of the molecule is COc1cc(CSc2nnc(N)s2)ccc1SC. The molecular weight excluding hydrogens is 286 g/mol. The van der Waals surface area contributed by atoms with Crippen molar-refractivity contribution in [1.82, 2.24) is 10.2 Å². The zero-order valence-electron chi connectivity index (χ0n) is 10.0. The van der Waals surface area contributed by atoms with Crippen LogP contribution in [0.5, 0.6) is 5.75 Å². The van der Waals surface area contributed by atoms with Crippen LogP contribution in [0.2, 0.25) is 0 Å². The summed E-state index contributed by atoms with van der Waals surface area (Å²) >= 11 is 4.72. The number of thioether (sulfide) groups is 2. The molecule has 7 heteroatoms. The van der Waals surface area contributed by atoms with Gasteiger partial charge in [0.2, 0.25) is 5.13 Å². The lowest BCUT2D eigenvalue weighted by molar-refractivity contribution is 0.404. The van der Waals surface area contributed by atoms with Crippen LogP contribution in [0.3, 0.4) is 0 Å². The molecule has 1 aromatic heterocycles. The van der Waals surface area contributed by atoms with Gasteiger partial charge in [0.25, 0.3) is 0 Å². The number of nitrogens with two attached hydrogens (primary N) is 1. The summed E-state index contributed by atoms with van der Waals surface area (Å²) < 4.78 is 6.25. The van der Waals surface area contributed by atoms with Gasteiger partial charge in [-0.3, -0.25) is 0 Å². The number of benzene rings is 1. The van der Waals surface area contributed by atoms with Crippen LogP contribution in [-0.2, 0) is 5.75 Å². The zero-order chi connectivity index (χ0) is 13.0. The fraction of sp³-hybridized carbons (Fsp3) is 0.273. The van der Waals surface area contributed by atoms with Gasteiger partial charge in [-0.15, -0.1) is 22.0 Å². The van der Waals surface area contributed by atoms with Gasteiger partial charge in [-0.25, -0.2) is 0 Å². The second-order valence-corrected chi connectivity index (χ2v) is 6.46. The molecule has 0 saturated heterocycles. The number of nitrogen functional groups attached to an aromatic ring is 1. The topological polar surface area (TPSA) is 61.0 Å². The summed E-state index contributed by atoms with van der Waals surface area (Å²) in [6.07, 6.45) is 2.04. The summed E-state index contributed by atoms with van der Waals surface area (Å²) in [5.74, 6) is 1.75. The molecule has 18 heavy (non-hydrogen) atoms. The van der Waals surface area contributed by atoms with Gasteiger partial charge < -0.3 is 10.5 Å². The Morgan fingerprint density at radius 1 is 1.39 bits per heavy atom. The summed E-state index contributed by atoms with van der Waals surface area (Å²) in [5.41, 5.74) is 6.74. The number of aromatic nitrogens is 2. The first-order valence-electron chi connectivity index (χ1n) is 5.15. The Balaban J connectivity index is 2.05. The monoisotopic (exact) mass is 299 g/mol. The van der Waals surface area contributed by atoms with E-state index in [9.17, 15) is 0 Å². The summed E-state index contributed by atoms with van der Waals surface area (Å²) in [6.45, 7) is 0. The highest BCUT2D eigenvalue weighted by molar-refractivity contribution is 8.00. The molecule has 0 fully saturated rings. The molecule has 96 valence electrons. The second-order valence-electron chi connectivity index (χ2n) is 3.38. The maximum Gasteiger partial charge on any atom is 0.203 e. The largest absolute Gasteiger partial charge is 0.496 e. The molecule has 0 aliphatic heterocycles. The molecule has 0 atom stereocenters. The number of ether oxygens (including phenoxy) is 1. The second kappa shape index (κ2) is 6.31. The maximum absolute atomic E-state index is 5.54. The molecule has 2 aromatic rings. The molecule has 0 radical (unpaired) electrons. The first kappa shape index (κ1) is 13.5. The minimum Gasteiger partial charge on any atom is -0.496 e. The van der Waals surface area contributed by atoms with Crippen LogP contribution in [-0.4, -0.2) is 23.6 Å². The fourth-order valence-corrected chi connectivity index (χ4v) is 3.52. The quantitative estimate of drug-likeness (QED) is 0.856. The molecule has 2 N–H and O–H groups in total. The average molecular weight is 299 g/mol. The molecule has 1 aromatic carbocycles. The van der Waals surface area contributed by atoms with E-state index in [1.54, 1.807) is 30.6 Å². The smallest absolute Gasteiger partial charge is 0.203 e. The van der Waals surface area contributed by atoms with Crippen molar-refractivity contribution in [2.24, 2.45) is 0 Å². The lowest BCUT2D eigenvalue weighted by Crippen LogP contribution is -1.88. The van der Waals surface area contributed by atoms with Crippen LogP contribution < -0.4 is 10.5 Å². The van der Waals surface area contributed by atoms with Gasteiger partial charge in [-0.1, -0.05) is 29.2 Å². The minimum atomic E-state index is 0.507. The van der Waals surface area contributed by atoms with Gasteiger partial charge in [0.15, 0.2) is 4.34 Å². The first-order valence-corrected chi connectivity index (χ1v) is 8.18. The molecular formula is C11H13N3OS3. The van der Waals surface area contributed by atoms with Gasteiger partial charge in [0, 0.05) is 10.6 Å². The standard InChI is InChI=1S/C11H13N3OS3/c1-15-8-5-7(3-4-9(8)16-2)6-17-11-14-13-10(12)18-11/h3-5H,6H2,1-2H3,(H2,12,13). The predicted molar refractivity (Wildman–Crippen MR) is 78.7 cm³/mol. The molecule has 0 unspecified atom stereocenters. The van der Waals surface area contributed by atoms with Crippen LogP contribution in [0, 0.1) is 0 Å². The molecule has 0 spiro atoms. The Labute approximate surface area is 118 Å². The third-order valence-corrected chi connectivity index (χ3v) is 4.97. The van der Waals surface area contributed by atoms with E-state index < -0.39 is 0 Å². The third kappa shape index (κ3) is 3.30. The van der Waals surface area contributed by atoms with E-state index in [2.05, 4.69) is 28.4 Å². The van der Waals surface area contributed by atoms with Crippen LogP contribution in [0.1, 0.15) is 5.56 Å². The van der Waals surface area contributed by atoms with Crippen LogP contribution >= 0.6 is 34.9 Å². The number of nitrogens with zero attached hydrogens (tertiary/aromatic N) is 2. The highest BCUT2D eigenvalue weighted by atomic mass is 32.2. The van der Waals surface area contributed by atoms with Gasteiger partial charge in [0.1, 0.15) is 5.75 Å². The lowest BCUT2D eigenvalue weighted by Gasteiger charge is -2.08. The molecule has 2 rings (SSSR count). The lowest BCUT2D eigenvalue weighted by atomic mass is 10.2. The van der Waals surface area contributed by atoms with Crippen molar-refractivity contribution in [3.63, 3.8) is 0 Å². The van der Waals surface area contributed by atoms with Crippen molar-refractivity contribution in [2.45, 2.75) is 15.0 Å². The summed E-state index contributed by atoms with van der Waals surface area (Å²) in [6, 6.07) is 6.24. The van der Waals surface area contributed by atoms with Crippen molar-refractivity contribution < 1.29 is 4.74 Å². The molecule has 1 heterocycles. The number of rotatable bonds is 5. The van der Waals surface area contributed by atoms with Gasteiger partial charge in [-0.05, 0) is 24.0 Å². The Kier molecular flexibility index (Phi) is 4.73. The Hall–Kier alpha value is -0.920. The van der Waals surface area contributed by atoms with Crippen LogP contribution in [0.4, 0.5) is 5.13 Å². The maximum atomic E-state index is 5.54. The van der Waals surface area contributed by atoms with E-state index in [1.165, 1.54) is 16.9 Å². The number of methoxy groups -OCH3 is 1. The fourth-order valence-electron chi connectivity index (χ4n) is 1.39. The van der Waals surface area contributed by atoms with Crippen molar-refractivity contribution in [3.05, 3.63) is 23.8 Å². The average Bonchev–Trinajstić information content (AvgIpc) is 2.81. The van der Waals surface area contributed by atoms with Crippen LogP contribution in [0.25, 0.3) is 0 Å². The highest BCUT2D eigenvalue weighted by Crippen LogP contribution is 2.32. The molecule has 0 aliphatic carbocycles. The van der Waals surface area contributed by atoms with Crippen molar-refractivity contribution in [2.75, 3.05) is 19.1 Å². The third-order valence-electron chi connectivity index (χ3n) is 2.23. The first-order chi connectivity index (χ1) is 8.72. The Morgan fingerprint density at radius 2 is 2.22 bits per heavy atom. The predicted octanol–water partition coefficient (Wildman–Crippen LogP) is 3.14. The summed E-state index contributed by atoms with van der Waals surface area (Å²) in [5, 5.41) is 8.27. The van der Waals surface area contributed by atoms with Gasteiger partial charge >= 0.3 is 0 Å². The summed E-state index contributed by atoms with van der Waals surface area (Å²) in [4.78, 5) is 1.14.